The van der Waals surface area contributed by atoms with Crippen LogP contribution in [0.5, 0.6) is 11.6 Å². The number of carbonyl (C=O) groups is 1. The van der Waals surface area contributed by atoms with Crippen LogP contribution in [0.15, 0.2) is 30.3 Å². The molecular weight excluding hydrogens is 404 g/mol. The standard InChI is InChI=1S/C21H28N4O4S/c1-14-15(13-26)11-16(20(22-14)29-3)23-25-10-9-24(12-18(25)21(27)30-4)17-7-5-6-8-19(17)28-2/h5-8,11,18,23,26H,9-10,12-13H2,1-4H3. The summed E-state index contributed by atoms with van der Waals surface area (Å²) < 4.78 is 10.9. The van der Waals surface area contributed by atoms with E-state index in [4.69, 9.17) is 9.47 Å². The van der Waals surface area contributed by atoms with Crippen molar-refractivity contribution >= 4 is 28.3 Å². The predicted octanol–water partition coefficient (Wildman–Crippen LogP) is 2.31. The van der Waals surface area contributed by atoms with E-state index in [1.807, 2.05) is 42.3 Å². The molecule has 2 heterocycles. The Morgan fingerprint density at radius 3 is 2.73 bits per heavy atom. The van der Waals surface area contributed by atoms with Gasteiger partial charge in [0.2, 0.25) is 11.0 Å². The van der Waals surface area contributed by atoms with Crippen LogP contribution < -0.4 is 19.8 Å². The smallest absolute Gasteiger partial charge is 0.238 e. The van der Waals surface area contributed by atoms with Crippen molar-refractivity contribution in [2.75, 3.05) is 50.4 Å². The summed E-state index contributed by atoms with van der Waals surface area (Å²) in [7, 11) is 3.20. The van der Waals surface area contributed by atoms with Gasteiger partial charge in [-0.2, -0.15) is 0 Å². The Kier molecular flexibility index (Phi) is 7.41. The second-order valence-electron chi connectivity index (χ2n) is 6.91. The fourth-order valence-electron chi connectivity index (χ4n) is 3.54. The van der Waals surface area contributed by atoms with E-state index in [9.17, 15) is 9.90 Å². The monoisotopic (exact) mass is 432 g/mol. The molecule has 3 rings (SSSR count). The fraction of sp³-hybridized carbons (Fsp3) is 0.429. The number of nitrogens with one attached hydrogen (secondary N) is 1. The Labute approximate surface area is 181 Å². The van der Waals surface area contributed by atoms with Crippen LogP contribution in [0.25, 0.3) is 0 Å². The van der Waals surface area contributed by atoms with E-state index in [1.165, 1.54) is 11.8 Å². The van der Waals surface area contributed by atoms with Crippen molar-refractivity contribution in [2.24, 2.45) is 0 Å². The topological polar surface area (TPSA) is 87.2 Å². The van der Waals surface area contributed by atoms with Crippen molar-refractivity contribution in [1.29, 1.82) is 0 Å². The molecule has 1 saturated heterocycles. The number of piperazine rings is 1. The second kappa shape index (κ2) is 10.0. The van der Waals surface area contributed by atoms with Crippen molar-refractivity contribution in [3.8, 4) is 11.6 Å². The van der Waals surface area contributed by atoms with E-state index in [2.05, 4.69) is 15.3 Å². The van der Waals surface area contributed by atoms with Gasteiger partial charge in [-0.3, -0.25) is 4.79 Å². The highest BCUT2D eigenvalue weighted by Crippen LogP contribution is 2.31. The Hall–Kier alpha value is -2.49. The first kappa shape index (κ1) is 22.2. The number of ether oxygens (including phenoxy) is 2. The van der Waals surface area contributed by atoms with Crippen LogP contribution in [-0.2, 0) is 11.4 Å². The van der Waals surface area contributed by atoms with Crippen molar-refractivity contribution in [3.63, 3.8) is 0 Å². The maximum absolute atomic E-state index is 12.8. The van der Waals surface area contributed by atoms with Gasteiger partial charge in [-0.05, 0) is 31.4 Å². The van der Waals surface area contributed by atoms with Gasteiger partial charge in [-0.15, -0.1) is 0 Å². The highest BCUT2D eigenvalue weighted by molar-refractivity contribution is 8.13. The van der Waals surface area contributed by atoms with E-state index >= 15 is 0 Å². The molecule has 2 aromatic rings. The molecule has 2 N–H and O–H groups in total. The first-order valence-electron chi connectivity index (χ1n) is 9.66. The molecule has 162 valence electrons. The number of rotatable bonds is 7. The van der Waals surface area contributed by atoms with Crippen LogP contribution in [0.3, 0.4) is 0 Å². The van der Waals surface area contributed by atoms with Gasteiger partial charge in [0.15, 0.2) is 0 Å². The third kappa shape index (κ3) is 4.63. The highest BCUT2D eigenvalue weighted by Gasteiger charge is 2.33. The summed E-state index contributed by atoms with van der Waals surface area (Å²) >= 11 is 1.21. The number of methoxy groups -OCH3 is 2. The minimum absolute atomic E-state index is 0.0588. The van der Waals surface area contributed by atoms with E-state index in [0.717, 1.165) is 11.4 Å². The quantitative estimate of drug-likeness (QED) is 0.684. The summed E-state index contributed by atoms with van der Waals surface area (Å²) in [5.41, 5.74) is 6.31. The maximum Gasteiger partial charge on any atom is 0.238 e. The van der Waals surface area contributed by atoms with Crippen molar-refractivity contribution in [2.45, 2.75) is 19.6 Å². The number of aliphatic hydroxyl groups is 1. The molecule has 9 heteroatoms. The molecule has 1 unspecified atom stereocenters. The molecule has 1 aromatic carbocycles. The van der Waals surface area contributed by atoms with Gasteiger partial charge in [0.25, 0.3) is 0 Å². The molecular formula is C21H28N4O4S. The highest BCUT2D eigenvalue weighted by atomic mass is 32.2. The van der Waals surface area contributed by atoms with Crippen molar-refractivity contribution < 1.29 is 19.4 Å². The molecule has 0 saturated carbocycles. The maximum atomic E-state index is 12.8. The number of thioether (sulfide) groups is 1. The van der Waals surface area contributed by atoms with E-state index < -0.39 is 0 Å². The molecule has 0 amide bonds. The third-order valence-corrected chi connectivity index (χ3v) is 5.86. The molecule has 1 atom stereocenters. The number of hydrazine groups is 1. The van der Waals surface area contributed by atoms with Gasteiger partial charge in [-0.25, -0.2) is 9.99 Å². The number of aromatic nitrogens is 1. The fourth-order valence-corrected chi connectivity index (χ4v) is 4.01. The SMILES string of the molecule is COc1ccccc1N1CCN(Nc2cc(CO)c(C)nc2OC)C(C(=O)SC)C1. The van der Waals surface area contributed by atoms with Crippen LogP contribution in [0.4, 0.5) is 11.4 Å². The largest absolute Gasteiger partial charge is 0.495 e. The van der Waals surface area contributed by atoms with E-state index in [-0.39, 0.29) is 17.8 Å². The second-order valence-corrected chi connectivity index (χ2v) is 7.72. The van der Waals surface area contributed by atoms with Gasteiger partial charge in [0.05, 0.1) is 26.5 Å². The molecule has 8 nitrogen and oxygen atoms in total. The Bertz CT molecular complexity index is 895. The zero-order valence-electron chi connectivity index (χ0n) is 17.7. The number of benzene rings is 1. The number of nitrogens with zero attached hydrogens (tertiary/aromatic N) is 3. The lowest BCUT2D eigenvalue weighted by molar-refractivity contribution is -0.115. The molecule has 30 heavy (non-hydrogen) atoms. The number of pyridine rings is 1. The normalized spacial score (nSPS) is 17.0. The van der Waals surface area contributed by atoms with E-state index in [0.29, 0.717) is 42.5 Å². The van der Waals surface area contributed by atoms with Crippen LogP contribution in [0, 0.1) is 6.92 Å². The van der Waals surface area contributed by atoms with Crippen LogP contribution >= 0.6 is 11.8 Å². The molecule has 1 fully saturated rings. The lowest BCUT2D eigenvalue weighted by Crippen LogP contribution is -2.58. The van der Waals surface area contributed by atoms with Gasteiger partial charge < -0.3 is 24.9 Å². The number of aryl methyl sites for hydroxylation is 1. The number of para-hydroxylation sites is 2. The summed E-state index contributed by atoms with van der Waals surface area (Å²) in [5.74, 6) is 1.21. The van der Waals surface area contributed by atoms with Gasteiger partial charge in [0.1, 0.15) is 17.5 Å². The molecule has 0 bridgehead atoms. The van der Waals surface area contributed by atoms with Crippen molar-refractivity contribution in [3.05, 3.63) is 41.6 Å². The zero-order chi connectivity index (χ0) is 21.7. The molecule has 0 aliphatic carbocycles. The summed E-state index contributed by atoms with van der Waals surface area (Å²) in [4.78, 5) is 19.3. The first-order chi connectivity index (χ1) is 14.5. The molecule has 1 aliphatic rings. The summed E-state index contributed by atoms with van der Waals surface area (Å²) in [5, 5.41) is 11.6. The molecule has 1 aromatic heterocycles. The average Bonchev–Trinajstić information content (AvgIpc) is 2.79. The Morgan fingerprint density at radius 1 is 1.30 bits per heavy atom. The summed E-state index contributed by atoms with van der Waals surface area (Å²) in [6.07, 6.45) is 1.79. The van der Waals surface area contributed by atoms with Gasteiger partial charge in [0, 0.05) is 30.9 Å². The van der Waals surface area contributed by atoms with E-state index in [1.54, 1.807) is 20.5 Å². The Balaban J connectivity index is 1.87. The summed E-state index contributed by atoms with van der Waals surface area (Å²) in [6.45, 7) is 3.53. The van der Waals surface area contributed by atoms with Crippen LogP contribution in [0.1, 0.15) is 11.3 Å². The minimum atomic E-state index is -0.387. The number of carbonyl (C=O) groups excluding carboxylic acids is 1. The molecule has 0 spiro atoms. The molecule has 0 radical (unpaired) electrons. The lowest BCUT2D eigenvalue weighted by Gasteiger charge is -2.42. The van der Waals surface area contributed by atoms with Gasteiger partial charge in [-0.1, -0.05) is 23.9 Å². The zero-order valence-corrected chi connectivity index (χ0v) is 18.5. The number of hydrogen-bond donors (Lipinski definition) is 2. The average molecular weight is 433 g/mol. The van der Waals surface area contributed by atoms with Crippen molar-refractivity contribution in [1.82, 2.24) is 9.99 Å². The van der Waals surface area contributed by atoms with Crippen LogP contribution in [-0.4, -0.2) is 66.4 Å². The lowest BCUT2D eigenvalue weighted by atomic mass is 10.1. The van der Waals surface area contributed by atoms with Crippen LogP contribution in [0.2, 0.25) is 0 Å². The number of anilines is 2. The first-order valence-corrected chi connectivity index (χ1v) is 10.9. The summed E-state index contributed by atoms with van der Waals surface area (Å²) in [6, 6.07) is 9.25. The minimum Gasteiger partial charge on any atom is -0.495 e. The number of aliphatic hydroxyl groups excluding tert-OH is 1. The Morgan fingerprint density at radius 2 is 2.07 bits per heavy atom. The van der Waals surface area contributed by atoms with Gasteiger partial charge >= 0.3 is 0 Å². The predicted molar refractivity (Wildman–Crippen MR) is 119 cm³/mol. The molecule has 1 aliphatic heterocycles. The third-order valence-electron chi connectivity index (χ3n) is 5.19. The number of hydrogen-bond acceptors (Lipinski definition) is 9.